The molecule has 1 saturated heterocycles. The van der Waals surface area contributed by atoms with Crippen molar-refractivity contribution in [3.05, 3.63) is 59.2 Å². The molecule has 2 aliphatic rings. The Kier molecular flexibility index (Phi) is 7.05. The molecule has 8 nitrogen and oxygen atoms in total. The first-order valence-electron chi connectivity index (χ1n) is 11.4. The van der Waals surface area contributed by atoms with Crippen molar-refractivity contribution in [3.8, 4) is 0 Å². The lowest BCUT2D eigenvalue weighted by Gasteiger charge is -2.36. The molecule has 174 valence electrons. The summed E-state index contributed by atoms with van der Waals surface area (Å²) in [7, 11) is 1.58. The minimum Gasteiger partial charge on any atom is -0.385 e. The molecule has 0 radical (unpaired) electrons. The third-order valence-electron chi connectivity index (χ3n) is 6.28. The molecule has 0 saturated carbocycles. The van der Waals surface area contributed by atoms with Gasteiger partial charge in [-0.3, -0.25) is 19.3 Å². The molecule has 0 unspecified atom stereocenters. The van der Waals surface area contributed by atoms with Crippen molar-refractivity contribution < 1.29 is 19.1 Å². The highest BCUT2D eigenvalue weighted by molar-refractivity contribution is 6.22. The maximum Gasteiger partial charge on any atom is 0.261 e. The molecule has 0 spiro atoms. The summed E-state index contributed by atoms with van der Waals surface area (Å²) in [5.41, 5.74) is 2.67. The van der Waals surface area contributed by atoms with Crippen LogP contribution in [0.4, 0.5) is 11.4 Å². The molecule has 33 heavy (non-hydrogen) atoms. The number of benzene rings is 2. The number of carbonyl (C=O) groups excluding carboxylic acids is 3. The molecule has 2 aromatic rings. The van der Waals surface area contributed by atoms with Crippen LogP contribution < -0.4 is 10.2 Å². The lowest BCUT2D eigenvalue weighted by molar-refractivity contribution is 0.0638. The van der Waals surface area contributed by atoms with Crippen molar-refractivity contribution in [2.75, 3.05) is 63.2 Å². The number of likely N-dealkylation sites (N-methyl/N-ethyl adjacent to an activating group) is 1. The molecule has 4 rings (SSSR count). The number of para-hydroxylation sites is 2. The van der Waals surface area contributed by atoms with Gasteiger partial charge in [-0.05, 0) is 43.3 Å². The normalized spacial score (nSPS) is 16.3. The van der Waals surface area contributed by atoms with Gasteiger partial charge in [-0.2, -0.15) is 0 Å². The minimum absolute atomic E-state index is 0.272. The van der Waals surface area contributed by atoms with E-state index in [1.165, 1.54) is 11.0 Å². The lowest BCUT2D eigenvalue weighted by atomic mass is 10.1. The van der Waals surface area contributed by atoms with Gasteiger partial charge in [-0.25, -0.2) is 0 Å². The van der Waals surface area contributed by atoms with Crippen LogP contribution in [0, 0.1) is 0 Å². The van der Waals surface area contributed by atoms with Crippen LogP contribution in [0.15, 0.2) is 42.5 Å². The van der Waals surface area contributed by atoms with Crippen LogP contribution in [-0.4, -0.2) is 80.5 Å². The van der Waals surface area contributed by atoms with Crippen molar-refractivity contribution >= 4 is 29.1 Å². The molecule has 8 heteroatoms. The van der Waals surface area contributed by atoms with Crippen molar-refractivity contribution in [3.63, 3.8) is 0 Å². The molecular formula is C25H30N4O4. The van der Waals surface area contributed by atoms with Crippen LogP contribution >= 0.6 is 0 Å². The zero-order chi connectivity index (χ0) is 23.4. The topological polar surface area (TPSA) is 82.2 Å². The fourth-order valence-electron chi connectivity index (χ4n) is 4.36. The first-order chi connectivity index (χ1) is 16.0. The summed E-state index contributed by atoms with van der Waals surface area (Å²) in [5.74, 6) is -1.000. The van der Waals surface area contributed by atoms with Gasteiger partial charge in [0.2, 0.25) is 0 Å². The number of imide groups is 1. The summed E-state index contributed by atoms with van der Waals surface area (Å²) in [6.45, 7) is 7.73. The zero-order valence-electron chi connectivity index (χ0n) is 19.2. The van der Waals surface area contributed by atoms with E-state index in [4.69, 9.17) is 4.74 Å². The largest absolute Gasteiger partial charge is 0.385 e. The smallest absolute Gasteiger partial charge is 0.261 e. The van der Waals surface area contributed by atoms with Crippen LogP contribution in [0.25, 0.3) is 0 Å². The van der Waals surface area contributed by atoms with Crippen molar-refractivity contribution in [1.29, 1.82) is 0 Å². The molecule has 0 atom stereocenters. The number of anilines is 2. The number of nitrogens with zero attached hydrogens (tertiary/aromatic N) is 3. The zero-order valence-corrected chi connectivity index (χ0v) is 19.2. The van der Waals surface area contributed by atoms with E-state index in [0.717, 1.165) is 44.1 Å². The van der Waals surface area contributed by atoms with Gasteiger partial charge in [-0.1, -0.05) is 19.1 Å². The van der Waals surface area contributed by atoms with E-state index >= 15 is 0 Å². The van der Waals surface area contributed by atoms with Crippen molar-refractivity contribution in [1.82, 2.24) is 9.80 Å². The second-order valence-electron chi connectivity index (χ2n) is 8.26. The Bertz CT molecular complexity index is 1050. The summed E-state index contributed by atoms with van der Waals surface area (Å²) in [6, 6.07) is 12.4. The summed E-state index contributed by atoms with van der Waals surface area (Å²) < 4.78 is 5.01. The van der Waals surface area contributed by atoms with Crippen LogP contribution in [0.5, 0.6) is 0 Å². The predicted octanol–water partition coefficient (Wildman–Crippen LogP) is 2.71. The van der Waals surface area contributed by atoms with Crippen LogP contribution in [-0.2, 0) is 4.74 Å². The number of methoxy groups -OCH3 is 1. The van der Waals surface area contributed by atoms with E-state index in [2.05, 4.69) is 22.0 Å². The Hall–Kier alpha value is -3.23. The number of amides is 3. The predicted molar refractivity (Wildman–Crippen MR) is 127 cm³/mol. The molecule has 2 aliphatic heterocycles. The van der Waals surface area contributed by atoms with Gasteiger partial charge in [0.1, 0.15) is 0 Å². The lowest BCUT2D eigenvalue weighted by Crippen LogP contribution is -2.46. The number of hydrogen-bond acceptors (Lipinski definition) is 6. The quantitative estimate of drug-likeness (QED) is 0.492. The molecule has 2 aromatic carbocycles. The van der Waals surface area contributed by atoms with E-state index in [9.17, 15) is 14.4 Å². The van der Waals surface area contributed by atoms with E-state index in [0.29, 0.717) is 30.7 Å². The second-order valence-corrected chi connectivity index (χ2v) is 8.26. The minimum atomic E-state index is -0.366. The number of fused-ring (bicyclic) bond motifs is 1. The maximum atomic E-state index is 13.1. The standard InChI is InChI=1S/C25H30N4O4/c1-3-27-12-14-28(15-13-27)22-8-5-4-7-21(22)26-23(30)18-9-10-19-20(17-18)25(32)29(24(19)31)11-6-16-33-2/h4-5,7-10,17H,3,6,11-16H2,1-2H3,(H,26,30). The number of hydrogen-bond donors (Lipinski definition) is 1. The average molecular weight is 451 g/mol. The molecule has 0 aromatic heterocycles. The number of ether oxygens (including phenoxy) is 1. The fourth-order valence-corrected chi connectivity index (χ4v) is 4.36. The number of carbonyl (C=O) groups is 3. The van der Waals surface area contributed by atoms with E-state index in [1.807, 2.05) is 24.3 Å². The maximum absolute atomic E-state index is 13.1. The molecule has 2 heterocycles. The molecule has 0 bridgehead atoms. The Morgan fingerprint density at radius 3 is 2.45 bits per heavy atom. The van der Waals surface area contributed by atoms with Gasteiger partial charge in [0.05, 0.1) is 22.5 Å². The summed E-state index contributed by atoms with van der Waals surface area (Å²) >= 11 is 0. The Labute approximate surface area is 194 Å². The van der Waals surface area contributed by atoms with Gasteiger partial charge in [-0.15, -0.1) is 0 Å². The molecular weight excluding hydrogens is 420 g/mol. The summed E-state index contributed by atoms with van der Waals surface area (Å²) in [5, 5.41) is 3.00. The van der Waals surface area contributed by atoms with Crippen LogP contribution in [0.3, 0.4) is 0 Å². The van der Waals surface area contributed by atoms with Crippen LogP contribution in [0.2, 0.25) is 0 Å². The molecule has 0 aliphatic carbocycles. The highest BCUT2D eigenvalue weighted by atomic mass is 16.5. The van der Waals surface area contributed by atoms with Crippen molar-refractivity contribution in [2.24, 2.45) is 0 Å². The second kappa shape index (κ2) is 10.1. The number of piperazine rings is 1. The third kappa shape index (κ3) is 4.77. The van der Waals surface area contributed by atoms with Gasteiger partial charge in [0, 0.05) is 52.0 Å². The molecule has 1 fully saturated rings. The van der Waals surface area contributed by atoms with Crippen molar-refractivity contribution in [2.45, 2.75) is 13.3 Å². The SMILES string of the molecule is CCN1CCN(c2ccccc2NC(=O)c2ccc3c(c2)C(=O)N(CCCOC)C3=O)CC1. The third-order valence-corrected chi connectivity index (χ3v) is 6.28. The van der Waals surface area contributed by atoms with Gasteiger partial charge < -0.3 is 19.9 Å². The van der Waals surface area contributed by atoms with E-state index in [-0.39, 0.29) is 23.3 Å². The van der Waals surface area contributed by atoms with Crippen LogP contribution in [0.1, 0.15) is 44.4 Å². The van der Waals surface area contributed by atoms with Gasteiger partial charge >= 0.3 is 0 Å². The van der Waals surface area contributed by atoms with Gasteiger partial charge in [0.15, 0.2) is 0 Å². The molecule has 1 N–H and O–H groups in total. The fraction of sp³-hybridized carbons (Fsp3) is 0.400. The highest BCUT2D eigenvalue weighted by Crippen LogP contribution is 2.28. The van der Waals surface area contributed by atoms with E-state index < -0.39 is 0 Å². The Morgan fingerprint density at radius 2 is 1.73 bits per heavy atom. The van der Waals surface area contributed by atoms with E-state index in [1.54, 1.807) is 19.2 Å². The Morgan fingerprint density at radius 1 is 1.00 bits per heavy atom. The summed E-state index contributed by atoms with van der Waals surface area (Å²) in [4.78, 5) is 44.3. The highest BCUT2D eigenvalue weighted by Gasteiger charge is 2.35. The van der Waals surface area contributed by atoms with Gasteiger partial charge in [0.25, 0.3) is 17.7 Å². The number of nitrogens with one attached hydrogen (secondary N) is 1. The number of rotatable bonds is 8. The Balaban J connectivity index is 1.49. The average Bonchev–Trinajstić information content (AvgIpc) is 3.09. The first kappa shape index (κ1) is 22.9. The molecule has 3 amide bonds. The summed E-state index contributed by atoms with van der Waals surface area (Å²) in [6.07, 6.45) is 0.568. The first-order valence-corrected chi connectivity index (χ1v) is 11.4. The monoisotopic (exact) mass is 450 g/mol.